The average molecular weight is 282 g/mol. The van der Waals surface area contributed by atoms with Gasteiger partial charge in [0.05, 0.1) is 6.54 Å². The van der Waals surface area contributed by atoms with Crippen molar-refractivity contribution in [1.29, 1.82) is 0 Å². The maximum atomic E-state index is 12.0. The van der Waals surface area contributed by atoms with Gasteiger partial charge in [-0.05, 0) is 45.4 Å². The molecular formula is C15H26N2O3. The summed E-state index contributed by atoms with van der Waals surface area (Å²) in [6.45, 7) is 4.06. The van der Waals surface area contributed by atoms with Crippen LogP contribution in [0.15, 0.2) is 0 Å². The third-order valence-corrected chi connectivity index (χ3v) is 4.57. The zero-order chi connectivity index (χ0) is 14.7. The molecule has 1 heterocycles. The molecule has 20 heavy (non-hydrogen) atoms. The summed E-state index contributed by atoms with van der Waals surface area (Å²) in [6, 6.07) is -0.124. The summed E-state index contributed by atoms with van der Waals surface area (Å²) in [4.78, 5) is 25.4. The van der Waals surface area contributed by atoms with Gasteiger partial charge < -0.3 is 10.4 Å². The molecule has 1 aliphatic heterocycles. The predicted octanol–water partition coefficient (Wildman–Crippen LogP) is 1.62. The fourth-order valence-corrected chi connectivity index (χ4v) is 3.76. The molecule has 3 unspecified atom stereocenters. The molecule has 0 aromatic rings. The highest BCUT2D eigenvalue weighted by Gasteiger charge is 2.41. The van der Waals surface area contributed by atoms with Gasteiger partial charge >= 0.3 is 5.97 Å². The van der Waals surface area contributed by atoms with Crippen molar-refractivity contribution in [2.75, 3.05) is 6.54 Å². The number of nitrogens with zero attached hydrogens (tertiary/aromatic N) is 1. The quantitative estimate of drug-likeness (QED) is 0.822. The number of nitrogens with one attached hydrogen (secondary N) is 1. The van der Waals surface area contributed by atoms with Crippen molar-refractivity contribution in [2.45, 2.75) is 70.5 Å². The lowest BCUT2D eigenvalue weighted by molar-refractivity contribution is -0.149. The number of rotatable bonds is 4. The van der Waals surface area contributed by atoms with Crippen molar-refractivity contribution in [3.05, 3.63) is 0 Å². The molecule has 2 rings (SSSR count). The van der Waals surface area contributed by atoms with Gasteiger partial charge in [0.2, 0.25) is 5.91 Å². The number of piperidine rings is 1. The van der Waals surface area contributed by atoms with E-state index in [1.807, 2.05) is 18.7 Å². The molecule has 1 saturated carbocycles. The second kappa shape index (κ2) is 6.57. The van der Waals surface area contributed by atoms with Crippen LogP contribution in [0, 0.1) is 5.92 Å². The van der Waals surface area contributed by atoms with Crippen molar-refractivity contribution in [1.82, 2.24) is 10.2 Å². The SMILES string of the molecule is CC(C)NC(=O)CN1C(C(=O)O)CCC2CCCCC21. The number of hydrogen-bond acceptors (Lipinski definition) is 3. The average Bonchev–Trinajstić information content (AvgIpc) is 2.37. The van der Waals surface area contributed by atoms with E-state index in [0.29, 0.717) is 12.3 Å². The van der Waals surface area contributed by atoms with Crippen LogP contribution in [-0.4, -0.2) is 46.6 Å². The number of amides is 1. The Balaban J connectivity index is 2.08. The second-order valence-corrected chi connectivity index (χ2v) is 6.44. The van der Waals surface area contributed by atoms with Gasteiger partial charge in [-0.3, -0.25) is 14.5 Å². The lowest BCUT2D eigenvalue weighted by Gasteiger charge is -2.46. The lowest BCUT2D eigenvalue weighted by atomic mass is 9.76. The summed E-state index contributed by atoms with van der Waals surface area (Å²) in [5.41, 5.74) is 0. The van der Waals surface area contributed by atoms with E-state index in [1.165, 1.54) is 12.8 Å². The molecule has 0 aromatic carbocycles. The van der Waals surface area contributed by atoms with E-state index >= 15 is 0 Å². The third kappa shape index (κ3) is 3.51. The minimum atomic E-state index is -0.786. The van der Waals surface area contributed by atoms with Crippen LogP contribution in [0.3, 0.4) is 0 Å². The van der Waals surface area contributed by atoms with Gasteiger partial charge in [0, 0.05) is 12.1 Å². The van der Waals surface area contributed by atoms with Crippen LogP contribution in [-0.2, 0) is 9.59 Å². The van der Waals surface area contributed by atoms with Crippen molar-refractivity contribution in [2.24, 2.45) is 5.92 Å². The zero-order valence-electron chi connectivity index (χ0n) is 12.5. The Labute approximate surface area is 120 Å². The van der Waals surface area contributed by atoms with E-state index in [1.54, 1.807) is 0 Å². The summed E-state index contributed by atoms with van der Waals surface area (Å²) in [5.74, 6) is -0.268. The van der Waals surface area contributed by atoms with Crippen LogP contribution in [0.1, 0.15) is 52.4 Å². The van der Waals surface area contributed by atoms with E-state index in [-0.39, 0.29) is 24.5 Å². The molecular weight excluding hydrogens is 256 g/mol. The number of aliphatic carboxylic acids is 1. The number of fused-ring (bicyclic) bond motifs is 1. The fourth-order valence-electron chi connectivity index (χ4n) is 3.76. The highest BCUT2D eigenvalue weighted by molar-refractivity contribution is 5.80. The Morgan fingerprint density at radius 2 is 1.90 bits per heavy atom. The number of carboxylic acid groups (broad SMARTS) is 1. The van der Waals surface area contributed by atoms with Crippen LogP contribution in [0.5, 0.6) is 0 Å². The standard InChI is InChI=1S/C15H26N2O3/c1-10(2)16-14(18)9-17-12-6-4-3-5-11(12)7-8-13(17)15(19)20/h10-13H,3-9H2,1-2H3,(H,16,18)(H,19,20). The molecule has 0 spiro atoms. The first-order chi connectivity index (χ1) is 9.49. The van der Waals surface area contributed by atoms with E-state index < -0.39 is 12.0 Å². The Bertz CT molecular complexity index is 370. The van der Waals surface area contributed by atoms with Gasteiger partial charge in [0.25, 0.3) is 0 Å². The number of hydrogen-bond donors (Lipinski definition) is 2. The van der Waals surface area contributed by atoms with Crippen LogP contribution in [0.2, 0.25) is 0 Å². The Morgan fingerprint density at radius 3 is 2.55 bits per heavy atom. The maximum Gasteiger partial charge on any atom is 0.320 e. The minimum absolute atomic E-state index is 0.0579. The van der Waals surface area contributed by atoms with Gasteiger partial charge in [-0.25, -0.2) is 0 Å². The van der Waals surface area contributed by atoms with Crippen LogP contribution >= 0.6 is 0 Å². The molecule has 0 bridgehead atoms. The summed E-state index contributed by atoms with van der Waals surface area (Å²) >= 11 is 0. The van der Waals surface area contributed by atoms with Gasteiger partial charge in [0.1, 0.15) is 6.04 Å². The number of carboxylic acids is 1. The first kappa shape index (κ1) is 15.3. The fraction of sp³-hybridized carbons (Fsp3) is 0.867. The molecule has 5 nitrogen and oxygen atoms in total. The Hall–Kier alpha value is -1.10. The Kier molecular flexibility index (Phi) is 5.02. The molecule has 2 fully saturated rings. The van der Waals surface area contributed by atoms with Crippen molar-refractivity contribution in [3.63, 3.8) is 0 Å². The van der Waals surface area contributed by atoms with E-state index in [4.69, 9.17) is 0 Å². The van der Waals surface area contributed by atoms with Gasteiger partial charge in [-0.1, -0.05) is 12.8 Å². The number of carbonyl (C=O) groups excluding carboxylic acids is 1. The first-order valence-corrected chi connectivity index (χ1v) is 7.77. The molecule has 0 aromatic heterocycles. The Morgan fingerprint density at radius 1 is 1.20 bits per heavy atom. The molecule has 2 aliphatic rings. The van der Waals surface area contributed by atoms with E-state index in [0.717, 1.165) is 19.3 Å². The van der Waals surface area contributed by atoms with Crippen molar-refractivity contribution in [3.8, 4) is 0 Å². The van der Waals surface area contributed by atoms with Crippen molar-refractivity contribution >= 4 is 11.9 Å². The highest BCUT2D eigenvalue weighted by Crippen LogP contribution is 2.37. The summed E-state index contributed by atoms with van der Waals surface area (Å²) in [6.07, 6.45) is 6.26. The molecule has 2 N–H and O–H groups in total. The molecule has 1 saturated heterocycles. The van der Waals surface area contributed by atoms with Crippen LogP contribution < -0.4 is 5.32 Å². The minimum Gasteiger partial charge on any atom is -0.480 e. The molecule has 5 heteroatoms. The summed E-state index contributed by atoms with van der Waals surface area (Å²) < 4.78 is 0. The largest absolute Gasteiger partial charge is 0.480 e. The molecule has 114 valence electrons. The monoisotopic (exact) mass is 282 g/mol. The third-order valence-electron chi connectivity index (χ3n) is 4.57. The van der Waals surface area contributed by atoms with Gasteiger partial charge in [0.15, 0.2) is 0 Å². The normalized spacial score (nSPS) is 30.9. The molecule has 1 aliphatic carbocycles. The smallest absolute Gasteiger partial charge is 0.320 e. The van der Waals surface area contributed by atoms with Crippen LogP contribution in [0.25, 0.3) is 0 Å². The number of likely N-dealkylation sites (tertiary alicyclic amines) is 1. The van der Waals surface area contributed by atoms with Gasteiger partial charge in [-0.2, -0.15) is 0 Å². The van der Waals surface area contributed by atoms with E-state index in [2.05, 4.69) is 5.32 Å². The summed E-state index contributed by atoms with van der Waals surface area (Å²) in [7, 11) is 0. The topological polar surface area (TPSA) is 69.6 Å². The van der Waals surface area contributed by atoms with Crippen molar-refractivity contribution < 1.29 is 14.7 Å². The molecule has 0 radical (unpaired) electrons. The zero-order valence-corrected chi connectivity index (χ0v) is 12.5. The maximum absolute atomic E-state index is 12.0. The number of carbonyl (C=O) groups is 2. The van der Waals surface area contributed by atoms with Gasteiger partial charge in [-0.15, -0.1) is 0 Å². The molecule has 3 atom stereocenters. The van der Waals surface area contributed by atoms with Crippen LogP contribution in [0.4, 0.5) is 0 Å². The molecule has 1 amide bonds. The predicted molar refractivity (Wildman–Crippen MR) is 76.4 cm³/mol. The second-order valence-electron chi connectivity index (χ2n) is 6.44. The first-order valence-electron chi connectivity index (χ1n) is 7.77. The lowest BCUT2D eigenvalue weighted by Crippen LogP contribution is -2.57. The highest BCUT2D eigenvalue weighted by atomic mass is 16.4. The summed E-state index contributed by atoms with van der Waals surface area (Å²) in [5, 5.41) is 12.3. The van der Waals surface area contributed by atoms with E-state index in [9.17, 15) is 14.7 Å².